The highest BCUT2D eigenvalue weighted by molar-refractivity contribution is 5.82. The van der Waals surface area contributed by atoms with Crippen LogP contribution in [0.5, 0.6) is 0 Å². The molecule has 0 bridgehead atoms. The van der Waals surface area contributed by atoms with E-state index < -0.39 is 12.0 Å². The monoisotopic (exact) mass is 286 g/mol. The summed E-state index contributed by atoms with van der Waals surface area (Å²) in [4.78, 5) is 25.1. The summed E-state index contributed by atoms with van der Waals surface area (Å²) in [7, 11) is 0. The molecule has 0 fully saturated rings. The van der Waals surface area contributed by atoms with Gasteiger partial charge in [-0.3, -0.25) is 0 Å². The molecule has 0 aliphatic rings. The number of urea groups is 1. The molecule has 0 aromatic heterocycles. The molecule has 0 spiro atoms. The van der Waals surface area contributed by atoms with E-state index in [4.69, 9.17) is 0 Å². The first-order valence-electron chi connectivity index (χ1n) is 7.70. The van der Waals surface area contributed by atoms with E-state index in [0.29, 0.717) is 19.5 Å². The molecule has 0 aromatic rings. The lowest BCUT2D eigenvalue weighted by Gasteiger charge is -2.25. The quantitative estimate of drug-likeness (QED) is 0.648. The van der Waals surface area contributed by atoms with Crippen molar-refractivity contribution in [3.63, 3.8) is 0 Å². The molecule has 20 heavy (non-hydrogen) atoms. The summed E-state index contributed by atoms with van der Waals surface area (Å²) in [6.45, 7) is 9.44. The van der Waals surface area contributed by atoms with Gasteiger partial charge in [0.2, 0.25) is 0 Å². The number of hydrogen-bond donors (Lipinski definition) is 2. The number of rotatable bonds is 10. The minimum atomic E-state index is -0.960. The van der Waals surface area contributed by atoms with Crippen molar-refractivity contribution in [2.24, 2.45) is 5.92 Å². The topological polar surface area (TPSA) is 69.6 Å². The van der Waals surface area contributed by atoms with Crippen LogP contribution in [0.15, 0.2) is 0 Å². The fourth-order valence-electron chi connectivity index (χ4n) is 1.95. The molecule has 1 atom stereocenters. The third-order valence-electron chi connectivity index (χ3n) is 3.15. The summed E-state index contributed by atoms with van der Waals surface area (Å²) in [5, 5.41) is 11.8. The first-order valence-corrected chi connectivity index (χ1v) is 7.70. The van der Waals surface area contributed by atoms with E-state index in [1.807, 2.05) is 13.8 Å². The molecule has 2 N–H and O–H groups in total. The van der Waals surface area contributed by atoms with E-state index in [9.17, 15) is 14.7 Å². The zero-order chi connectivity index (χ0) is 15.5. The van der Waals surface area contributed by atoms with Gasteiger partial charge >= 0.3 is 12.0 Å². The first-order chi connectivity index (χ1) is 9.42. The molecule has 0 heterocycles. The Morgan fingerprint density at radius 2 is 1.60 bits per heavy atom. The third kappa shape index (κ3) is 8.02. The molecule has 5 nitrogen and oxygen atoms in total. The maximum absolute atomic E-state index is 12.2. The largest absolute Gasteiger partial charge is 0.480 e. The molecular formula is C15H30N2O3. The fraction of sp³-hybridized carbons (Fsp3) is 0.867. The molecular weight excluding hydrogens is 256 g/mol. The average Bonchev–Trinajstić information content (AvgIpc) is 2.37. The van der Waals surface area contributed by atoms with Gasteiger partial charge in [-0.2, -0.15) is 0 Å². The van der Waals surface area contributed by atoms with E-state index in [-0.39, 0.29) is 11.9 Å². The van der Waals surface area contributed by atoms with Gasteiger partial charge in [-0.1, -0.05) is 40.5 Å². The molecule has 0 aliphatic carbocycles. The van der Waals surface area contributed by atoms with Crippen LogP contribution in [0.4, 0.5) is 4.79 Å². The Morgan fingerprint density at radius 3 is 1.95 bits per heavy atom. The minimum absolute atomic E-state index is 0.233. The molecule has 0 rings (SSSR count). The number of nitrogens with zero attached hydrogens (tertiary/aromatic N) is 1. The predicted molar refractivity (Wildman–Crippen MR) is 80.8 cm³/mol. The van der Waals surface area contributed by atoms with Gasteiger partial charge < -0.3 is 15.3 Å². The Balaban J connectivity index is 4.55. The normalized spacial score (nSPS) is 12.2. The number of aliphatic carboxylic acids is 1. The Kier molecular flexibility index (Phi) is 9.86. The molecule has 0 saturated heterocycles. The number of carboxylic acids is 1. The summed E-state index contributed by atoms with van der Waals surface area (Å²) in [5.41, 5.74) is 0. The zero-order valence-electron chi connectivity index (χ0n) is 13.3. The van der Waals surface area contributed by atoms with Gasteiger partial charge in [0, 0.05) is 13.1 Å². The number of carbonyl (C=O) groups excluding carboxylic acids is 1. The first kappa shape index (κ1) is 18.7. The standard InChI is InChI=1S/C15H30N2O3/c1-5-7-9-17(10-8-6-2)15(20)16-13(14(18)19)11-12(3)4/h12-13H,5-11H2,1-4H3,(H,16,20)(H,18,19)/t13-/m0/s1. The lowest BCUT2D eigenvalue weighted by atomic mass is 10.0. The molecule has 0 aromatic carbocycles. The number of amides is 2. The molecule has 0 radical (unpaired) electrons. The lowest BCUT2D eigenvalue weighted by Crippen LogP contribution is -2.49. The van der Waals surface area contributed by atoms with Crippen molar-refractivity contribution in [1.29, 1.82) is 0 Å². The van der Waals surface area contributed by atoms with Crippen LogP contribution in [0, 0.1) is 5.92 Å². The van der Waals surface area contributed by atoms with Crippen molar-refractivity contribution in [3.05, 3.63) is 0 Å². The highest BCUT2D eigenvalue weighted by Crippen LogP contribution is 2.07. The Morgan fingerprint density at radius 1 is 1.10 bits per heavy atom. The maximum Gasteiger partial charge on any atom is 0.326 e. The minimum Gasteiger partial charge on any atom is -0.480 e. The van der Waals surface area contributed by atoms with Crippen molar-refractivity contribution in [1.82, 2.24) is 10.2 Å². The summed E-state index contributed by atoms with van der Waals surface area (Å²) < 4.78 is 0. The van der Waals surface area contributed by atoms with E-state index >= 15 is 0 Å². The summed E-state index contributed by atoms with van der Waals surface area (Å²) in [6, 6.07) is -1.05. The number of hydrogen-bond acceptors (Lipinski definition) is 2. The van der Waals surface area contributed by atoms with Crippen LogP contribution in [0.3, 0.4) is 0 Å². The van der Waals surface area contributed by atoms with Crippen molar-refractivity contribution < 1.29 is 14.7 Å². The van der Waals surface area contributed by atoms with Crippen LogP contribution in [0.2, 0.25) is 0 Å². The van der Waals surface area contributed by atoms with E-state index in [1.165, 1.54) is 0 Å². The SMILES string of the molecule is CCCCN(CCCC)C(=O)N[C@@H](CC(C)C)C(=O)O. The van der Waals surface area contributed by atoms with E-state index in [2.05, 4.69) is 19.2 Å². The van der Waals surface area contributed by atoms with Crippen molar-refractivity contribution >= 4 is 12.0 Å². The van der Waals surface area contributed by atoms with Gasteiger partial charge in [-0.25, -0.2) is 9.59 Å². The second kappa shape index (κ2) is 10.5. The molecule has 118 valence electrons. The average molecular weight is 286 g/mol. The summed E-state index contributed by atoms with van der Waals surface area (Å²) in [6.07, 6.45) is 4.38. The van der Waals surface area contributed by atoms with E-state index in [0.717, 1.165) is 25.7 Å². The highest BCUT2D eigenvalue weighted by atomic mass is 16.4. The molecule has 5 heteroatoms. The second-order valence-corrected chi connectivity index (χ2v) is 5.66. The predicted octanol–water partition coefficient (Wildman–Crippen LogP) is 3.10. The Hall–Kier alpha value is -1.26. The van der Waals surface area contributed by atoms with Crippen LogP contribution < -0.4 is 5.32 Å². The number of carboxylic acid groups (broad SMARTS) is 1. The smallest absolute Gasteiger partial charge is 0.326 e. The molecule has 2 amide bonds. The van der Waals surface area contributed by atoms with Gasteiger partial charge in [-0.15, -0.1) is 0 Å². The van der Waals surface area contributed by atoms with Gasteiger partial charge in [0.15, 0.2) is 0 Å². The number of nitrogens with one attached hydrogen (secondary N) is 1. The molecule has 0 aliphatic heterocycles. The maximum atomic E-state index is 12.2. The van der Waals surface area contributed by atoms with E-state index in [1.54, 1.807) is 4.90 Å². The molecule has 0 unspecified atom stereocenters. The van der Waals surface area contributed by atoms with Crippen LogP contribution >= 0.6 is 0 Å². The zero-order valence-corrected chi connectivity index (χ0v) is 13.3. The summed E-state index contributed by atoms with van der Waals surface area (Å²) >= 11 is 0. The number of unbranched alkanes of at least 4 members (excludes halogenated alkanes) is 2. The third-order valence-corrected chi connectivity index (χ3v) is 3.15. The van der Waals surface area contributed by atoms with Crippen LogP contribution in [0.1, 0.15) is 59.8 Å². The van der Waals surface area contributed by atoms with Gasteiger partial charge in [0.05, 0.1) is 0 Å². The van der Waals surface area contributed by atoms with Gasteiger partial charge in [0.1, 0.15) is 6.04 Å². The Labute approximate surface area is 122 Å². The van der Waals surface area contributed by atoms with Gasteiger partial charge in [0.25, 0.3) is 0 Å². The van der Waals surface area contributed by atoms with Gasteiger partial charge in [-0.05, 0) is 25.2 Å². The highest BCUT2D eigenvalue weighted by Gasteiger charge is 2.23. The second-order valence-electron chi connectivity index (χ2n) is 5.66. The van der Waals surface area contributed by atoms with Crippen molar-refractivity contribution in [2.45, 2.75) is 65.8 Å². The summed E-state index contributed by atoms with van der Waals surface area (Å²) in [5.74, 6) is -0.728. The fourth-order valence-corrected chi connectivity index (χ4v) is 1.95. The molecule has 0 saturated carbocycles. The van der Waals surface area contributed by atoms with Crippen molar-refractivity contribution in [2.75, 3.05) is 13.1 Å². The Bertz CT molecular complexity index is 285. The van der Waals surface area contributed by atoms with Crippen LogP contribution in [-0.2, 0) is 4.79 Å². The van der Waals surface area contributed by atoms with Crippen LogP contribution in [-0.4, -0.2) is 41.1 Å². The number of carbonyl (C=O) groups is 2. The van der Waals surface area contributed by atoms with Crippen molar-refractivity contribution in [3.8, 4) is 0 Å². The lowest BCUT2D eigenvalue weighted by molar-refractivity contribution is -0.139. The van der Waals surface area contributed by atoms with Crippen LogP contribution in [0.25, 0.3) is 0 Å².